The highest BCUT2D eigenvalue weighted by Gasteiger charge is 2.10. The number of fused-ring (bicyclic) bond motifs is 1. The van der Waals surface area contributed by atoms with Crippen LogP contribution in [-0.2, 0) is 0 Å². The van der Waals surface area contributed by atoms with Crippen molar-refractivity contribution in [2.45, 2.75) is 0 Å². The normalized spacial score (nSPS) is 10.3. The fraction of sp³-hybridized carbons (Fsp3) is 0. The second-order valence-corrected chi connectivity index (χ2v) is 5.73. The van der Waals surface area contributed by atoms with Gasteiger partial charge in [0.25, 0.3) is 0 Å². The number of urea groups is 1. The van der Waals surface area contributed by atoms with Crippen LogP contribution in [0, 0.1) is 17.1 Å². The number of benzene rings is 1. The Morgan fingerprint density at radius 1 is 1.26 bits per heavy atom. The van der Waals surface area contributed by atoms with Crippen molar-refractivity contribution in [2.75, 3.05) is 10.6 Å². The standard InChI is InChI=1S/C14H7ClFN5OS/c15-11-4-3-10-12(20-11)23-14(19-10)21-13(22)18-8-2-1-7(6-17)9(16)5-8/h1-5H,(H2,18,19,21,22). The molecule has 3 aromatic rings. The summed E-state index contributed by atoms with van der Waals surface area (Å²) in [5, 5.41) is 14.3. The van der Waals surface area contributed by atoms with Gasteiger partial charge in [0.05, 0.1) is 5.56 Å². The summed E-state index contributed by atoms with van der Waals surface area (Å²) in [5.41, 5.74) is 0.741. The van der Waals surface area contributed by atoms with E-state index in [4.69, 9.17) is 16.9 Å². The van der Waals surface area contributed by atoms with Crippen LogP contribution < -0.4 is 10.6 Å². The first kappa shape index (κ1) is 15.1. The molecule has 0 aliphatic carbocycles. The van der Waals surface area contributed by atoms with Crippen LogP contribution in [0.2, 0.25) is 5.15 Å². The predicted molar refractivity (Wildman–Crippen MR) is 86.2 cm³/mol. The van der Waals surface area contributed by atoms with Gasteiger partial charge in [-0.2, -0.15) is 5.26 Å². The number of aromatic nitrogens is 2. The summed E-state index contributed by atoms with van der Waals surface area (Å²) >= 11 is 6.95. The van der Waals surface area contributed by atoms with Crippen molar-refractivity contribution in [3.63, 3.8) is 0 Å². The number of thiazole rings is 1. The molecule has 0 saturated carbocycles. The van der Waals surface area contributed by atoms with Crippen molar-refractivity contribution >= 4 is 50.1 Å². The van der Waals surface area contributed by atoms with Crippen molar-refractivity contribution in [3.05, 3.63) is 46.9 Å². The number of halogens is 2. The van der Waals surface area contributed by atoms with Crippen LogP contribution >= 0.6 is 22.9 Å². The molecule has 3 rings (SSSR count). The van der Waals surface area contributed by atoms with E-state index in [1.807, 2.05) is 0 Å². The second-order valence-electron chi connectivity index (χ2n) is 4.36. The lowest BCUT2D eigenvalue weighted by Gasteiger charge is -2.05. The lowest BCUT2D eigenvalue weighted by molar-refractivity contribution is 0.262. The summed E-state index contributed by atoms with van der Waals surface area (Å²) in [6.45, 7) is 0. The molecule has 0 unspecified atom stereocenters. The van der Waals surface area contributed by atoms with Crippen molar-refractivity contribution in [1.82, 2.24) is 9.97 Å². The zero-order chi connectivity index (χ0) is 16.4. The maximum absolute atomic E-state index is 13.5. The van der Waals surface area contributed by atoms with Crippen LogP contribution in [0.5, 0.6) is 0 Å². The smallest absolute Gasteiger partial charge is 0.308 e. The van der Waals surface area contributed by atoms with Crippen LogP contribution in [0.15, 0.2) is 30.3 Å². The van der Waals surface area contributed by atoms with E-state index >= 15 is 0 Å². The van der Waals surface area contributed by atoms with Gasteiger partial charge in [0.1, 0.15) is 27.4 Å². The third-order valence-corrected chi connectivity index (χ3v) is 3.88. The van der Waals surface area contributed by atoms with E-state index in [1.54, 1.807) is 18.2 Å². The average Bonchev–Trinajstić information content (AvgIpc) is 2.88. The minimum absolute atomic E-state index is 0.0925. The number of nitrogens with one attached hydrogen (secondary N) is 2. The summed E-state index contributed by atoms with van der Waals surface area (Å²) < 4.78 is 13.5. The van der Waals surface area contributed by atoms with Crippen LogP contribution in [-0.4, -0.2) is 16.0 Å². The van der Waals surface area contributed by atoms with Crippen molar-refractivity contribution in [1.29, 1.82) is 5.26 Å². The Morgan fingerprint density at radius 3 is 2.83 bits per heavy atom. The van der Waals surface area contributed by atoms with Gasteiger partial charge in [0.2, 0.25) is 0 Å². The first-order chi connectivity index (χ1) is 11.0. The van der Waals surface area contributed by atoms with Gasteiger partial charge in [-0.3, -0.25) is 5.32 Å². The van der Waals surface area contributed by atoms with Crippen molar-refractivity contribution in [2.24, 2.45) is 0 Å². The van der Waals surface area contributed by atoms with E-state index < -0.39 is 11.8 Å². The molecule has 1 aromatic carbocycles. The molecule has 0 aliphatic heterocycles. The molecule has 2 aromatic heterocycles. The molecule has 0 atom stereocenters. The number of carbonyl (C=O) groups excluding carboxylic acids is 1. The van der Waals surface area contributed by atoms with E-state index in [9.17, 15) is 9.18 Å². The SMILES string of the molecule is N#Cc1ccc(NC(=O)Nc2nc3ccc(Cl)nc3s2)cc1F. The number of rotatable bonds is 2. The average molecular weight is 348 g/mol. The molecule has 0 radical (unpaired) electrons. The van der Waals surface area contributed by atoms with E-state index in [-0.39, 0.29) is 11.3 Å². The number of nitrogens with zero attached hydrogens (tertiary/aromatic N) is 3. The third-order valence-electron chi connectivity index (χ3n) is 2.79. The second kappa shape index (κ2) is 6.16. The largest absolute Gasteiger partial charge is 0.325 e. The number of amides is 2. The number of carbonyl (C=O) groups is 1. The van der Waals surface area contributed by atoms with Crippen LogP contribution in [0.3, 0.4) is 0 Å². The molecule has 2 amide bonds. The monoisotopic (exact) mass is 347 g/mol. The van der Waals surface area contributed by atoms with Crippen molar-refractivity contribution < 1.29 is 9.18 Å². The van der Waals surface area contributed by atoms with Gasteiger partial charge >= 0.3 is 6.03 Å². The maximum atomic E-state index is 13.5. The Kier molecular flexibility index (Phi) is 4.06. The molecule has 6 nitrogen and oxygen atoms in total. The van der Waals surface area contributed by atoms with E-state index in [0.29, 0.717) is 20.6 Å². The topological polar surface area (TPSA) is 90.7 Å². The summed E-state index contributed by atoms with van der Waals surface area (Å²) in [6.07, 6.45) is 0. The molecule has 23 heavy (non-hydrogen) atoms. The van der Waals surface area contributed by atoms with Crippen LogP contribution in [0.1, 0.15) is 5.56 Å². The lowest BCUT2D eigenvalue weighted by atomic mass is 10.2. The Hall–Kier alpha value is -2.76. The maximum Gasteiger partial charge on any atom is 0.325 e. The van der Waals surface area contributed by atoms with Gasteiger partial charge in [0, 0.05) is 5.69 Å². The first-order valence-electron chi connectivity index (χ1n) is 6.26. The summed E-state index contributed by atoms with van der Waals surface area (Å²) in [5.74, 6) is -0.705. The molecular formula is C14H7ClFN5OS. The minimum Gasteiger partial charge on any atom is -0.308 e. The Bertz CT molecular complexity index is 952. The zero-order valence-corrected chi connectivity index (χ0v) is 12.9. The number of nitriles is 1. The molecule has 9 heteroatoms. The number of anilines is 2. The molecular weight excluding hydrogens is 341 g/mol. The molecule has 0 bridgehead atoms. The number of hydrogen-bond donors (Lipinski definition) is 2. The van der Waals surface area contributed by atoms with Gasteiger partial charge in [-0.25, -0.2) is 19.2 Å². The fourth-order valence-electron chi connectivity index (χ4n) is 1.79. The highest BCUT2D eigenvalue weighted by Crippen LogP contribution is 2.25. The van der Waals surface area contributed by atoms with Gasteiger partial charge in [0.15, 0.2) is 5.13 Å². The molecule has 114 valence electrons. The highest BCUT2D eigenvalue weighted by molar-refractivity contribution is 7.22. The minimum atomic E-state index is -0.705. The Morgan fingerprint density at radius 2 is 2.09 bits per heavy atom. The van der Waals surface area contributed by atoms with Crippen molar-refractivity contribution in [3.8, 4) is 6.07 Å². The van der Waals surface area contributed by atoms with E-state index in [1.165, 1.54) is 12.1 Å². The van der Waals surface area contributed by atoms with Gasteiger partial charge < -0.3 is 5.32 Å². The molecule has 2 N–H and O–H groups in total. The third kappa shape index (κ3) is 3.36. The lowest BCUT2D eigenvalue weighted by Crippen LogP contribution is -2.19. The van der Waals surface area contributed by atoms with E-state index in [0.717, 1.165) is 17.4 Å². The Balaban J connectivity index is 1.73. The van der Waals surface area contributed by atoms with Crippen LogP contribution in [0.25, 0.3) is 10.3 Å². The molecule has 2 heterocycles. The quantitative estimate of drug-likeness (QED) is 0.685. The molecule has 0 aliphatic rings. The van der Waals surface area contributed by atoms with Crippen LogP contribution in [0.4, 0.5) is 20.0 Å². The van der Waals surface area contributed by atoms with Gasteiger partial charge in [-0.15, -0.1) is 0 Å². The molecule has 0 fully saturated rings. The fourth-order valence-corrected chi connectivity index (χ4v) is 2.82. The number of pyridine rings is 1. The first-order valence-corrected chi connectivity index (χ1v) is 7.45. The Labute approximate surface area is 138 Å². The number of hydrogen-bond acceptors (Lipinski definition) is 5. The molecule has 0 spiro atoms. The zero-order valence-electron chi connectivity index (χ0n) is 11.3. The highest BCUT2D eigenvalue weighted by atomic mass is 35.5. The van der Waals surface area contributed by atoms with Gasteiger partial charge in [-0.1, -0.05) is 22.9 Å². The molecule has 0 saturated heterocycles. The van der Waals surface area contributed by atoms with E-state index in [2.05, 4.69) is 20.6 Å². The van der Waals surface area contributed by atoms with Gasteiger partial charge in [-0.05, 0) is 30.3 Å². The summed E-state index contributed by atoms with van der Waals surface area (Å²) in [4.78, 5) is 20.8. The predicted octanol–water partition coefficient (Wildman–Crippen LogP) is 4.00. The summed E-state index contributed by atoms with van der Waals surface area (Å²) in [7, 11) is 0. The summed E-state index contributed by atoms with van der Waals surface area (Å²) in [6, 6.07) is 8.21.